The number of nitriles is 1. The van der Waals surface area contributed by atoms with Gasteiger partial charge in [0.2, 0.25) is 5.78 Å². The summed E-state index contributed by atoms with van der Waals surface area (Å²) in [6.45, 7) is 7.99. The first-order valence-corrected chi connectivity index (χ1v) is 14.6. The van der Waals surface area contributed by atoms with Gasteiger partial charge in [-0.3, -0.25) is 9.36 Å². The van der Waals surface area contributed by atoms with Gasteiger partial charge >= 0.3 is 0 Å². The van der Waals surface area contributed by atoms with Crippen molar-refractivity contribution < 1.29 is 9.84 Å². The Balaban J connectivity index is 1.50. The molecule has 2 heterocycles. The van der Waals surface area contributed by atoms with Crippen molar-refractivity contribution in [3.05, 3.63) is 87.6 Å². The van der Waals surface area contributed by atoms with Gasteiger partial charge in [-0.1, -0.05) is 62.7 Å². The molecule has 5 rings (SSSR count). The van der Waals surface area contributed by atoms with Crippen molar-refractivity contribution in [1.29, 1.82) is 5.26 Å². The molecule has 0 amide bonds. The molecule has 41 heavy (non-hydrogen) atoms. The smallest absolute Gasteiger partial charge is 0.259 e. The minimum atomic E-state index is -0.862. The summed E-state index contributed by atoms with van der Waals surface area (Å²) in [5.74, 6) is 0.439. The Morgan fingerprint density at radius 3 is 2.49 bits per heavy atom. The van der Waals surface area contributed by atoms with Crippen LogP contribution in [0.25, 0.3) is 16.9 Å². The molecule has 1 unspecified atom stereocenters. The fourth-order valence-corrected chi connectivity index (χ4v) is 6.03. The number of hydrogen-bond acceptors (Lipinski definition) is 6. The average molecular weight is 554 g/mol. The Kier molecular flexibility index (Phi) is 8.39. The van der Waals surface area contributed by atoms with E-state index in [-0.39, 0.29) is 23.6 Å². The monoisotopic (exact) mass is 553 g/mol. The summed E-state index contributed by atoms with van der Waals surface area (Å²) in [4.78, 5) is 18.9. The van der Waals surface area contributed by atoms with E-state index in [1.165, 1.54) is 0 Å². The minimum absolute atomic E-state index is 0.00112. The quantitative estimate of drug-likeness (QED) is 0.281. The van der Waals surface area contributed by atoms with Gasteiger partial charge in [-0.15, -0.1) is 0 Å². The van der Waals surface area contributed by atoms with Crippen LogP contribution in [0.5, 0.6) is 0 Å². The van der Waals surface area contributed by atoms with Crippen LogP contribution in [0.4, 0.5) is 0 Å². The summed E-state index contributed by atoms with van der Waals surface area (Å²) >= 11 is 0. The summed E-state index contributed by atoms with van der Waals surface area (Å²) in [6.07, 6.45) is 6.45. The fourth-order valence-electron chi connectivity index (χ4n) is 6.03. The van der Waals surface area contributed by atoms with E-state index in [0.717, 1.165) is 66.5 Å². The van der Waals surface area contributed by atoms with Gasteiger partial charge in [-0.05, 0) is 68.7 Å². The zero-order valence-electron chi connectivity index (χ0n) is 24.4. The predicted molar refractivity (Wildman–Crippen MR) is 159 cm³/mol. The van der Waals surface area contributed by atoms with Gasteiger partial charge in [0.15, 0.2) is 0 Å². The van der Waals surface area contributed by atoms with Crippen LogP contribution in [0.15, 0.2) is 59.7 Å². The van der Waals surface area contributed by atoms with Gasteiger partial charge in [-0.25, -0.2) is 4.52 Å². The lowest BCUT2D eigenvalue weighted by Crippen LogP contribution is -2.36. The molecule has 1 fully saturated rings. The lowest BCUT2D eigenvalue weighted by Gasteiger charge is -2.32. The third-order valence-corrected chi connectivity index (χ3v) is 8.13. The van der Waals surface area contributed by atoms with E-state index < -0.39 is 5.60 Å². The first-order valence-electron chi connectivity index (χ1n) is 14.6. The molecule has 4 aromatic rings. The average Bonchev–Trinajstić information content (AvgIpc) is 3.46. The SMILES string of the molecule is CCCc1c(C(C)c2ccc(-c3ccccc3C#N)cc2)c(=O)n(C2CCC(OCC(C)(C)O)CC2)c2ncnn12. The van der Waals surface area contributed by atoms with Crippen LogP contribution in [-0.4, -0.2) is 42.6 Å². The van der Waals surface area contributed by atoms with Crippen molar-refractivity contribution in [3.63, 3.8) is 0 Å². The molecule has 1 N–H and O–H groups in total. The Morgan fingerprint density at radius 2 is 1.83 bits per heavy atom. The first-order chi connectivity index (χ1) is 19.7. The molecule has 0 spiro atoms. The van der Waals surface area contributed by atoms with E-state index >= 15 is 0 Å². The number of rotatable bonds is 9. The Morgan fingerprint density at radius 1 is 1.12 bits per heavy atom. The lowest BCUT2D eigenvalue weighted by atomic mass is 9.89. The maximum atomic E-state index is 14.4. The third kappa shape index (κ3) is 5.97. The molecule has 1 saturated carbocycles. The van der Waals surface area contributed by atoms with Crippen molar-refractivity contribution in [1.82, 2.24) is 19.2 Å². The predicted octanol–water partition coefficient (Wildman–Crippen LogP) is 5.81. The van der Waals surface area contributed by atoms with Crippen LogP contribution < -0.4 is 5.56 Å². The summed E-state index contributed by atoms with van der Waals surface area (Å²) in [6, 6.07) is 18.0. The topological polar surface area (TPSA) is 105 Å². The maximum Gasteiger partial charge on any atom is 0.259 e. The first kappa shape index (κ1) is 28.7. The molecular formula is C33H39N5O3. The molecule has 2 aromatic heterocycles. The van der Waals surface area contributed by atoms with Crippen molar-refractivity contribution in [2.75, 3.05) is 6.61 Å². The number of hydrogen-bond donors (Lipinski definition) is 1. The third-order valence-electron chi connectivity index (χ3n) is 8.13. The fraction of sp³-hybridized carbons (Fsp3) is 0.455. The van der Waals surface area contributed by atoms with E-state index in [9.17, 15) is 15.2 Å². The Bertz CT molecular complexity index is 1600. The highest BCUT2D eigenvalue weighted by Crippen LogP contribution is 2.33. The number of nitrogens with zero attached hydrogens (tertiary/aromatic N) is 5. The lowest BCUT2D eigenvalue weighted by molar-refractivity contribution is -0.0654. The van der Waals surface area contributed by atoms with Crippen molar-refractivity contribution in [2.45, 2.75) is 89.9 Å². The Hall–Kier alpha value is -3.80. The zero-order valence-corrected chi connectivity index (χ0v) is 24.4. The van der Waals surface area contributed by atoms with Crippen molar-refractivity contribution in [3.8, 4) is 17.2 Å². The van der Waals surface area contributed by atoms with Gasteiger partial charge in [0, 0.05) is 17.5 Å². The molecule has 8 heteroatoms. The number of fused-ring (bicyclic) bond motifs is 1. The standard InChI is InChI=1S/C33H39N5O3/c1-5-8-29-30(22(2)23-11-13-24(14-12-23)28-10-7-6-9-25(28)19-34)31(39)37(32-35-21-36-38(29)32)26-15-17-27(18-16-26)41-20-33(3,4)40/h6-7,9-14,21-22,26-27,40H,5,8,15-18,20H2,1-4H3. The molecule has 1 aliphatic rings. The molecule has 2 aromatic carbocycles. The normalized spacial score (nSPS) is 18.3. The van der Waals surface area contributed by atoms with Crippen LogP contribution in [0.2, 0.25) is 0 Å². The second-order valence-electron chi connectivity index (χ2n) is 11.8. The molecule has 8 nitrogen and oxygen atoms in total. The molecule has 0 aliphatic heterocycles. The minimum Gasteiger partial charge on any atom is -0.388 e. The van der Waals surface area contributed by atoms with Crippen LogP contribution in [0.3, 0.4) is 0 Å². The van der Waals surface area contributed by atoms with Gasteiger partial charge in [0.05, 0.1) is 35.6 Å². The van der Waals surface area contributed by atoms with Gasteiger partial charge in [-0.2, -0.15) is 15.3 Å². The van der Waals surface area contributed by atoms with Crippen molar-refractivity contribution in [2.24, 2.45) is 0 Å². The van der Waals surface area contributed by atoms with Crippen LogP contribution in [0.1, 0.15) is 94.1 Å². The number of aryl methyl sites for hydroxylation is 1. The van der Waals surface area contributed by atoms with Crippen molar-refractivity contribution >= 4 is 5.78 Å². The summed E-state index contributed by atoms with van der Waals surface area (Å²) in [7, 11) is 0. The number of ether oxygens (including phenoxy) is 1. The molecule has 1 atom stereocenters. The summed E-state index contributed by atoms with van der Waals surface area (Å²) in [5.41, 5.74) is 4.35. The van der Waals surface area contributed by atoms with E-state index in [0.29, 0.717) is 17.9 Å². The van der Waals surface area contributed by atoms with E-state index in [1.54, 1.807) is 20.2 Å². The number of aromatic nitrogens is 4. The van der Waals surface area contributed by atoms with E-state index in [2.05, 4.69) is 42.1 Å². The second-order valence-corrected chi connectivity index (χ2v) is 11.8. The molecule has 214 valence electrons. The van der Waals surface area contributed by atoms with Crippen LogP contribution >= 0.6 is 0 Å². The highest BCUT2D eigenvalue weighted by molar-refractivity contribution is 5.70. The molecule has 0 radical (unpaired) electrons. The summed E-state index contributed by atoms with van der Waals surface area (Å²) in [5, 5.41) is 24.2. The van der Waals surface area contributed by atoms with Gasteiger partial charge < -0.3 is 9.84 Å². The van der Waals surface area contributed by atoms with Gasteiger partial charge in [0.25, 0.3) is 5.56 Å². The van der Waals surface area contributed by atoms with E-state index in [4.69, 9.17) is 4.74 Å². The summed E-state index contributed by atoms with van der Waals surface area (Å²) < 4.78 is 9.70. The Labute approximate surface area is 241 Å². The molecule has 0 bridgehead atoms. The number of aliphatic hydroxyl groups is 1. The van der Waals surface area contributed by atoms with Gasteiger partial charge in [0.1, 0.15) is 6.33 Å². The molecule has 1 aliphatic carbocycles. The second kappa shape index (κ2) is 12.0. The highest BCUT2D eigenvalue weighted by atomic mass is 16.5. The molecule has 0 saturated heterocycles. The van der Waals surface area contributed by atoms with E-state index in [1.807, 2.05) is 45.5 Å². The number of benzene rings is 2. The maximum absolute atomic E-state index is 14.4. The largest absolute Gasteiger partial charge is 0.388 e. The molecular weight excluding hydrogens is 514 g/mol. The van der Waals surface area contributed by atoms with Crippen LogP contribution in [0, 0.1) is 11.3 Å². The van der Waals surface area contributed by atoms with Crippen LogP contribution in [-0.2, 0) is 11.2 Å². The highest BCUT2D eigenvalue weighted by Gasteiger charge is 2.30. The zero-order chi connectivity index (χ0) is 29.1.